The predicted octanol–water partition coefficient (Wildman–Crippen LogP) is 1.22. The van der Waals surface area contributed by atoms with Gasteiger partial charge in [-0.3, -0.25) is 0 Å². The summed E-state index contributed by atoms with van der Waals surface area (Å²) in [5.74, 6) is 0. The number of hydrogen-bond donors (Lipinski definition) is 2. The van der Waals surface area contributed by atoms with Gasteiger partial charge in [0.1, 0.15) is 0 Å². The maximum absolute atomic E-state index is 11.9. The van der Waals surface area contributed by atoms with Crippen molar-refractivity contribution in [3.05, 3.63) is 35.4 Å². The monoisotopic (exact) mass is 325 g/mol. The van der Waals surface area contributed by atoms with Gasteiger partial charge in [-0.05, 0) is 25.3 Å². The molecule has 0 radical (unpaired) electrons. The van der Waals surface area contributed by atoms with Crippen molar-refractivity contribution in [1.29, 1.82) is 0 Å². The van der Waals surface area contributed by atoms with Gasteiger partial charge in [-0.15, -0.1) is 0 Å². The Bertz CT molecular complexity index is 613. The number of sulfonamides is 1. The SMILES string of the molecule is Cc1ccc(CNC(=O)NC2CCCN(S(C)(=O)=O)C2)cc1. The zero-order valence-corrected chi connectivity index (χ0v) is 13.8. The number of carbonyl (C=O) groups excluding carboxylic acids is 1. The van der Waals surface area contributed by atoms with Crippen LogP contribution in [0.5, 0.6) is 0 Å². The Morgan fingerprint density at radius 2 is 2.00 bits per heavy atom. The molecule has 1 atom stereocenters. The maximum Gasteiger partial charge on any atom is 0.315 e. The second-order valence-electron chi connectivity index (χ2n) is 5.77. The number of aryl methyl sites for hydroxylation is 1. The lowest BCUT2D eigenvalue weighted by Gasteiger charge is -2.31. The molecule has 1 saturated heterocycles. The third-order valence-corrected chi connectivity index (χ3v) is 5.03. The Labute approximate surface area is 131 Å². The summed E-state index contributed by atoms with van der Waals surface area (Å²) < 4.78 is 24.5. The summed E-state index contributed by atoms with van der Waals surface area (Å²) in [6.45, 7) is 3.34. The lowest BCUT2D eigenvalue weighted by atomic mass is 10.1. The smallest absolute Gasteiger partial charge is 0.315 e. The highest BCUT2D eigenvalue weighted by molar-refractivity contribution is 7.88. The van der Waals surface area contributed by atoms with Gasteiger partial charge in [-0.25, -0.2) is 17.5 Å². The molecule has 0 aromatic heterocycles. The molecule has 1 heterocycles. The molecule has 0 bridgehead atoms. The fourth-order valence-electron chi connectivity index (χ4n) is 2.49. The molecule has 1 fully saturated rings. The molecule has 2 amide bonds. The maximum atomic E-state index is 11.9. The molecule has 0 aliphatic carbocycles. The number of urea groups is 1. The molecule has 1 aromatic carbocycles. The predicted molar refractivity (Wildman–Crippen MR) is 86.0 cm³/mol. The zero-order chi connectivity index (χ0) is 16.2. The Kier molecular flexibility index (Phi) is 5.42. The first-order valence-electron chi connectivity index (χ1n) is 7.39. The van der Waals surface area contributed by atoms with Gasteiger partial charge in [-0.1, -0.05) is 29.8 Å². The molecular weight excluding hydrogens is 302 g/mol. The molecule has 122 valence electrons. The Hall–Kier alpha value is -1.60. The molecule has 6 nitrogen and oxygen atoms in total. The van der Waals surface area contributed by atoms with Crippen molar-refractivity contribution in [2.45, 2.75) is 32.4 Å². The summed E-state index contributed by atoms with van der Waals surface area (Å²) in [5.41, 5.74) is 2.21. The van der Waals surface area contributed by atoms with E-state index in [2.05, 4.69) is 10.6 Å². The van der Waals surface area contributed by atoms with Crippen molar-refractivity contribution in [3.63, 3.8) is 0 Å². The Morgan fingerprint density at radius 3 is 2.64 bits per heavy atom. The van der Waals surface area contributed by atoms with Crippen molar-refractivity contribution in [1.82, 2.24) is 14.9 Å². The van der Waals surface area contributed by atoms with Crippen LogP contribution in [-0.4, -0.2) is 44.1 Å². The molecule has 22 heavy (non-hydrogen) atoms. The van der Waals surface area contributed by atoms with Gasteiger partial charge in [0.15, 0.2) is 0 Å². The lowest BCUT2D eigenvalue weighted by Crippen LogP contribution is -2.51. The van der Waals surface area contributed by atoms with Crippen LogP contribution in [0.4, 0.5) is 4.79 Å². The van der Waals surface area contributed by atoms with E-state index in [4.69, 9.17) is 0 Å². The highest BCUT2D eigenvalue weighted by Gasteiger charge is 2.26. The highest BCUT2D eigenvalue weighted by Crippen LogP contribution is 2.13. The second-order valence-corrected chi connectivity index (χ2v) is 7.76. The van der Waals surface area contributed by atoms with Crippen molar-refractivity contribution in [3.8, 4) is 0 Å². The molecule has 0 spiro atoms. The number of piperidine rings is 1. The van der Waals surface area contributed by atoms with Crippen LogP contribution in [0.15, 0.2) is 24.3 Å². The first-order valence-corrected chi connectivity index (χ1v) is 9.24. The molecule has 1 aromatic rings. The first-order chi connectivity index (χ1) is 10.3. The van der Waals surface area contributed by atoms with Gasteiger partial charge in [0, 0.05) is 25.7 Å². The van der Waals surface area contributed by atoms with Gasteiger partial charge in [-0.2, -0.15) is 0 Å². The minimum atomic E-state index is -3.19. The van der Waals surface area contributed by atoms with Crippen LogP contribution in [0.1, 0.15) is 24.0 Å². The summed E-state index contributed by atoms with van der Waals surface area (Å²) in [4.78, 5) is 11.9. The van der Waals surface area contributed by atoms with Crippen LogP contribution in [0.25, 0.3) is 0 Å². The molecule has 0 saturated carbocycles. The van der Waals surface area contributed by atoms with E-state index in [9.17, 15) is 13.2 Å². The largest absolute Gasteiger partial charge is 0.334 e. The van der Waals surface area contributed by atoms with Crippen LogP contribution in [-0.2, 0) is 16.6 Å². The van der Waals surface area contributed by atoms with Gasteiger partial charge in [0.25, 0.3) is 0 Å². The molecule has 1 unspecified atom stereocenters. The number of amides is 2. The van der Waals surface area contributed by atoms with E-state index in [1.54, 1.807) is 0 Å². The molecule has 1 aliphatic heterocycles. The summed E-state index contributed by atoms with van der Waals surface area (Å²) in [5, 5.41) is 5.65. The number of rotatable bonds is 4. The third kappa shape index (κ3) is 4.99. The van der Waals surface area contributed by atoms with E-state index >= 15 is 0 Å². The molecular formula is C15H23N3O3S. The van der Waals surface area contributed by atoms with Gasteiger partial charge in [0.05, 0.1) is 6.26 Å². The number of carbonyl (C=O) groups is 1. The minimum absolute atomic E-state index is 0.138. The fraction of sp³-hybridized carbons (Fsp3) is 0.533. The second kappa shape index (κ2) is 7.11. The fourth-order valence-corrected chi connectivity index (χ4v) is 3.40. The van der Waals surface area contributed by atoms with E-state index < -0.39 is 10.0 Å². The van der Waals surface area contributed by atoms with Crippen LogP contribution in [0.3, 0.4) is 0 Å². The summed E-state index contributed by atoms with van der Waals surface area (Å²) in [6, 6.07) is 7.55. The topological polar surface area (TPSA) is 78.5 Å². The first kappa shape index (κ1) is 16.8. The van der Waals surface area contributed by atoms with E-state index in [0.29, 0.717) is 19.6 Å². The summed E-state index contributed by atoms with van der Waals surface area (Å²) in [7, 11) is -3.19. The summed E-state index contributed by atoms with van der Waals surface area (Å²) in [6.07, 6.45) is 2.76. The van der Waals surface area contributed by atoms with E-state index in [-0.39, 0.29) is 12.1 Å². The number of nitrogens with one attached hydrogen (secondary N) is 2. The van der Waals surface area contributed by atoms with Crippen molar-refractivity contribution >= 4 is 16.1 Å². The lowest BCUT2D eigenvalue weighted by molar-refractivity contribution is 0.225. The molecule has 1 aliphatic rings. The molecule has 2 rings (SSSR count). The Balaban J connectivity index is 1.80. The third-order valence-electron chi connectivity index (χ3n) is 3.76. The average Bonchev–Trinajstić information content (AvgIpc) is 2.46. The summed E-state index contributed by atoms with van der Waals surface area (Å²) >= 11 is 0. The van der Waals surface area contributed by atoms with Crippen LogP contribution in [0, 0.1) is 6.92 Å². The molecule has 2 N–H and O–H groups in total. The number of hydrogen-bond acceptors (Lipinski definition) is 3. The van der Waals surface area contributed by atoms with Crippen molar-refractivity contribution in [2.24, 2.45) is 0 Å². The van der Waals surface area contributed by atoms with Crippen LogP contribution in [0.2, 0.25) is 0 Å². The van der Waals surface area contributed by atoms with Gasteiger partial charge in [0.2, 0.25) is 10.0 Å². The van der Waals surface area contributed by atoms with Crippen LogP contribution >= 0.6 is 0 Å². The quantitative estimate of drug-likeness (QED) is 0.873. The van der Waals surface area contributed by atoms with E-state index in [1.165, 1.54) is 16.1 Å². The standard InChI is InChI=1S/C15H23N3O3S/c1-12-5-7-13(8-6-12)10-16-15(19)17-14-4-3-9-18(11-14)22(2,20)21/h5-8,14H,3-4,9-11H2,1-2H3,(H2,16,17,19). The molecule has 7 heteroatoms. The van der Waals surface area contributed by atoms with Crippen molar-refractivity contribution < 1.29 is 13.2 Å². The number of nitrogens with zero attached hydrogens (tertiary/aromatic N) is 1. The number of benzene rings is 1. The zero-order valence-electron chi connectivity index (χ0n) is 13.0. The van der Waals surface area contributed by atoms with E-state index in [0.717, 1.165) is 18.4 Å². The van der Waals surface area contributed by atoms with Crippen molar-refractivity contribution in [2.75, 3.05) is 19.3 Å². The van der Waals surface area contributed by atoms with Gasteiger partial charge >= 0.3 is 6.03 Å². The minimum Gasteiger partial charge on any atom is -0.334 e. The Morgan fingerprint density at radius 1 is 1.32 bits per heavy atom. The normalized spacial score (nSPS) is 19.6. The average molecular weight is 325 g/mol. The van der Waals surface area contributed by atoms with Crippen LogP contribution < -0.4 is 10.6 Å². The van der Waals surface area contributed by atoms with E-state index in [1.807, 2.05) is 31.2 Å². The van der Waals surface area contributed by atoms with Gasteiger partial charge < -0.3 is 10.6 Å². The highest BCUT2D eigenvalue weighted by atomic mass is 32.2.